The van der Waals surface area contributed by atoms with E-state index in [0.29, 0.717) is 0 Å². The average molecular weight is 867 g/mol. The number of carbonyl (C=O) groups is 10. The molecule has 0 aliphatic heterocycles. The number of carboxylic acid groups (broad SMARTS) is 6. The van der Waals surface area contributed by atoms with Gasteiger partial charge >= 0.3 is 47.9 Å². The maximum absolute atomic E-state index is 12.8. The van der Waals surface area contributed by atoms with Crippen LogP contribution >= 0.6 is 0 Å². The molecule has 0 rings (SSSR count). The maximum atomic E-state index is 12.8. The van der Waals surface area contributed by atoms with E-state index >= 15 is 0 Å². The van der Waals surface area contributed by atoms with E-state index in [9.17, 15) is 78.6 Å². The minimum absolute atomic E-state index is 0.0129. The van der Waals surface area contributed by atoms with Crippen molar-refractivity contribution in [1.82, 2.24) is 40.0 Å². The van der Waals surface area contributed by atoms with Crippen molar-refractivity contribution in [3.8, 4) is 0 Å². The van der Waals surface area contributed by atoms with Crippen molar-refractivity contribution >= 4 is 59.7 Å². The number of hydrogen-bond donors (Lipinski definition) is 8. The number of hydrogen-bond acceptors (Lipinski definition) is 17. The number of nitrogens with one attached hydrogen (secondary N) is 2. The van der Waals surface area contributed by atoms with Gasteiger partial charge in [0.05, 0.1) is 65.6 Å². The van der Waals surface area contributed by atoms with Crippen LogP contribution in [-0.4, -0.2) is 258 Å². The molecule has 8 N–H and O–H groups in total. The van der Waals surface area contributed by atoms with E-state index < -0.39 is 117 Å². The van der Waals surface area contributed by atoms with Crippen molar-refractivity contribution in [1.29, 1.82) is 0 Å². The largest absolute Gasteiger partial charge is 0.480 e. The van der Waals surface area contributed by atoms with Gasteiger partial charge in [-0.3, -0.25) is 72.6 Å². The molecule has 0 spiro atoms. The first-order valence-electron chi connectivity index (χ1n) is 18.4. The first kappa shape index (κ1) is 54.3. The Morgan fingerprint density at radius 2 is 0.700 bits per heavy atom. The summed E-state index contributed by atoms with van der Waals surface area (Å²) in [6.45, 7) is -3.02. The molecule has 0 fully saturated rings. The molecule has 0 aromatic carbocycles. The molecule has 0 unspecified atom stereocenters. The highest BCUT2D eigenvalue weighted by atomic mass is 16.5. The zero-order valence-corrected chi connectivity index (χ0v) is 34.2. The summed E-state index contributed by atoms with van der Waals surface area (Å²) < 4.78 is 10.6. The number of carboxylic acids is 5. The lowest BCUT2D eigenvalue weighted by Gasteiger charge is -2.28. The monoisotopic (exact) mass is 866 g/mol. The van der Waals surface area contributed by atoms with E-state index in [1.165, 1.54) is 33.7 Å². The van der Waals surface area contributed by atoms with E-state index in [1.54, 1.807) is 13.8 Å². The molecule has 0 saturated heterocycles. The van der Waals surface area contributed by atoms with Gasteiger partial charge in [-0.05, 0) is 0 Å². The first-order chi connectivity index (χ1) is 27.9. The van der Waals surface area contributed by atoms with E-state index in [2.05, 4.69) is 10.6 Å². The predicted molar refractivity (Wildman–Crippen MR) is 204 cm³/mol. The molecular weight excluding hydrogens is 808 g/mol. The molecule has 0 radical (unpaired) electrons. The van der Waals surface area contributed by atoms with Crippen LogP contribution in [0.1, 0.15) is 13.8 Å². The lowest BCUT2D eigenvalue weighted by Crippen LogP contribution is -2.46. The summed E-state index contributed by atoms with van der Waals surface area (Å²) in [5.41, 5.74) is -1.00. The van der Waals surface area contributed by atoms with Crippen LogP contribution in [0.15, 0.2) is 0 Å². The lowest BCUT2D eigenvalue weighted by molar-refractivity contribution is -0.155. The Morgan fingerprint density at radius 1 is 0.417 bits per heavy atom. The minimum atomic E-state index is -1.42. The molecule has 26 heteroatoms. The van der Waals surface area contributed by atoms with E-state index in [0.717, 1.165) is 9.80 Å². The molecule has 0 atom stereocenters. The predicted octanol–water partition coefficient (Wildman–Crippen LogP) is -4.50. The van der Waals surface area contributed by atoms with Gasteiger partial charge in [0.25, 0.3) is 0 Å². The fourth-order valence-electron chi connectivity index (χ4n) is 5.08. The number of carbonyl (C=O) groups excluding carboxylic acids is 4. The number of aliphatic carboxylic acids is 5. The Kier molecular flexibility index (Phi) is 26.0. The van der Waals surface area contributed by atoms with Gasteiger partial charge in [-0.25, -0.2) is 4.79 Å². The molecule has 0 bridgehead atoms. The Morgan fingerprint density at radius 3 is 1.02 bits per heavy atom. The highest BCUT2D eigenvalue weighted by Crippen LogP contribution is 2.16. The Labute approximate surface area is 345 Å². The van der Waals surface area contributed by atoms with Crippen LogP contribution in [0.3, 0.4) is 0 Å². The van der Waals surface area contributed by atoms with Gasteiger partial charge < -0.3 is 50.7 Å². The van der Waals surface area contributed by atoms with Gasteiger partial charge in [-0.1, -0.05) is 13.8 Å². The lowest BCUT2D eigenvalue weighted by atomic mass is 9.96. The smallest absolute Gasteiger partial charge is 0.407 e. The number of nitrogens with zero attached hydrogens (tertiary/aromatic N) is 6. The van der Waals surface area contributed by atoms with E-state index in [-0.39, 0.29) is 72.1 Å². The third-order valence-corrected chi connectivity index (χ3v) is 8.16. The summed E-state index contributed by atoms with van der Waals surface area (Å²) in [5, 5.41) is 60.7. The molecule has 60 heavy (non-hydrogen) atoms. The summed E-state index contributed by atoms with van der Waals surface area (Å²) >= 11 is 0. The van der Waals surface area contributed by atoms with E-state index in [4.69, 9.17) is 9.47 Å². The van der Waals surface area contributed by atoms with Gasteiger partial charge in [-0.15, -0.1) is 0 Å². The fraction of sp³-hybridized carbons (Fsp3) is 0.706. The number of esters is 2. The molecule has 0 saturated carbocycles. The molecule has 0 aromatic heterocycles. The number of likely N-dealkylation sites (N-methyl/N-ethyl adjacent to an activating group) is 2. The standard InChI is InChI=1S/C34H58N8O18/c1-34(2,23-60-32(56)21-41(19-30(53)54)10-7-38(16-27(47)48)11-12-42(33(57)58)14-25(44)36-4)22-59-31(55)20-40(18-29(51)52)9-6-37(15-26(45)46)5-8-39(17-28(49)50)13-24(43)35-3/h5-23H2,1-4H3,(H,35,43)(H,36,44)(H,45,46)(H,47,48)(H,49,50)(H,51,52)(H,53,54)(H,57,58). The van der Waals surface area contributed by atoms with Crippen LogP contribution in [0.2, 0.25) is 0 Å². The van der Waals surface area contributed by atoms with Crippen molar-refractivity contribution in [2.75, 3.05) is 139 Å². The molecule has 342 valence electrons. The minimum Gasteiger partial charge on any atom is -0.480 e. The zero-order chi connectivity index (χ0) is 46.0. The second-order valence-corrected chi connectivity index (χ2v) is 14.2. The fourth-order valence-corrected chi connectivity index (χ4v) is 5.08. The maximum Gasteiger partial charge on any atom is 0.407 e. The number of ether oxygens (including phenoxy) is 2. The highest BCUT2D eigenvalue weighted by molar-refractivity contribution is 5.81. The number of amides is 3. The molecular formula is C34H58N8O18. The molecule has 0 heterocycles. The second-order valence-electron chi connectivity index (χ2n) is 14.2. The normalized spacial score (nSPS) is 11.4. The van der Waals surface area contributed by atoms with Gasteiger partial charge in [0, 0.05) is 71.9 Å². The van der Waals surface area contributed by atoms with Crippen LogP contribution in [0.5, 0.6) is 0 Å². The average Bonchev–Trinajstić information content (AvgIpc) is 3.13. The second kappa shape index (κ2) is 28.7. The summed E-state index contributed by atoms with van der Waals surface area (Å²) in [7, 11) is 2.68. The van der Waals surface area contributed by atoms with Crippen molar-refractivity contribution < 1.29 is 88.1 Å². The zero-order valence-electron chi connectivity index (χ0n) is 34.2. The quantitative estimate of drug-likeness (QED) is 0.0283. The van der Waals surface area contributed by atoms with Crippen LogP contribution < -0.4 is 10.6 Å². The van der Waals surface area contributed by atoms with Gasteiger partial charge in [0.1, 0.15) is 6.54 Å². The SMILES string of the molecule is CNC(=O)CN(CCN(CCN(CC(=O)O)CC(=O)OCC(C)(C)COC(=O)CN(CCN(CCN(CC(=O)NC)C(=O)O)CC(=O)O)CC(=O)O)CC(=O)O)CC(=O)O. The van der Waals surface area contributed by atoms with Gasteiger partial charge in [0.2, 0.25) is 11.8 Å². The summed E-state index contributed by atoms with van der Waals surface area (Å²) in [6, 6.07) is 0. The molecule has 26 nitrogen and oxygen atoms in total. The first-order valence-corrected chi connectivity index (χ1v) is 18.4. The van der Waals surface area contributed by atoms with Gasteiger partial charge in [-0.2, -0.15) is 0 Å². The van der Waals surface area contributed by atoms with Crippen molar-refractivity contribution in [2.24, 2.45) is 5.41 Å². The summed E-state index contributed by atoms with van der Waals surface area (Å²) in [4.78, 5) is 125. The third kappa shape index (κ3) is 27.9. The van der Waals surface area contributed by atoms with Crippen LogP contribution in [0.4, 0.5) is 4.79 Å². The molecule has 0 aliphatic rings. The van der Waals surface area contributed by atoms with Crippen LogP contribution in [0.25, 0.3) is 0 Å². The molecule has 3 amide bonds. The highest BCUT2D eigenvalue weighted by Gasteiger charge is 2.26. The Hall–Kier alpha value is -5.70. The summed E-state index contributed by atoms with van der Waals surface area (Å²) in [5.74, 6) is -9.11. The van der Waals surface area contributed by atoms with E-state index in [1.807, 2.05) is 0 Å². The Bertz CT molecular complexity index is 1480. The number of rotatable bonds is 34. The van der Waals surface area contributed by atoms with Crippen LogP contribution in [0, 0.1) is 5.41 Å². The topological polar surface area (TPSA) is 354 Å². The van der Waals surface area contributed by atoms with Crippen LogP contribution in [-0.2, 0) is 52.6 Å². The van der Waals surface area contributed by atoms with Gasteiger partial charge in [0.15, 0.2) is 0 Å². The Balaban J connectivity index is 5.35. The van der Waals surface area contributed by atoms with Crippen molar-refractivity contribution in [3.63, 3.8) is 0 Å². The van der Waals surface area contributed by atoms with Crippen molar-refractivity contribution in [3.05, 3.63) is 0 Å². The third-order valence-electron chi connectivity index (χ3n) is 8.16. The van der Waals surface area contributed by atoms with Crippen molar-refractivity contribution in [2.45, 2.75) is 13.8 Å². The molecule has 0 aromatic rings. The molecule has 0 aliphatic carbocycles. The summed E-state index contributed by atoms with van der Waals surface area (Å²) in [6.07, 6.45) is -1.42.